The molecule has 0 aromatic carbocycles. The van der Waals surface area contributed by atoms with Crippen LogP contribution in [0.3, 0.4) is 0 Å². The fraction of sp³-hybridized carbons (Fsp3) is 0.955. The van der Waals surface area contributed by atoms with Crippen molar-refractivity contribution in [1.29, 1.82) is 0 Å². The van der Waals surface area contributed by atoms with Crippen LogP contribution in [-0.2, 0) is 14.0 Å². The molecule has 7 fully saturated rings. The number of hydrogen-bond acceptors (Lipinski definition) is 3. The van der Waals surface area contributed by atoms with E-state index in [0.29, 0.717) is 23.2 Å². The summed E-state index contributed by atoms with van der Waals surface area (Å²) in [5.74, 6) is 4.19. The summed E-state index contributed by atoms with van der Waals surface area (Å²) >= 11 is 0. The van der Waals surface area contributed by atoms with E-state index in [1.807, 2.05) is 0 Å². The van der Waals surface area contributed by atoms with Crippen molar-refractivity contribution >= 4 is 14.1 Å². The lowest BCUT2D eigenvalue weighted by molar-refractivity contribution is -0.259. The highest BCUT2D eigenvalue weighted by Gasteiger charge is 2.84. The molecule has 0 aromatic heterocycles. The number of ether oxygens (including phenoxy) is 1. The largest absolute Gasteiger partial charge is 0.391 e. The smallest absolute Gasteiger partial charge is 0.187 e. The number of rotatable bonds is 2. The van der Waals surface area contributed by atoms with Gasteiger partial charge in [0.2, 0.25) is 0 Å². The molecule has 5 saturated carbocycles. The zero-order chi connectivity index (χ0) is 18.1. The molecule has 0 amide bonds. The van der Waals surface area contributed by atoms with E-state index in [9.17, 15) is 4.79 Å². The molecular weight excluding hydrogens is 340 g/mol. The second-order valence-electron chi connectivity index (χ2n) is 11.7. The fourth-order valence-electron chi connectivity index (χ4n) is 9.05. The lowest BCUT2D eigenvalue weighted by Gasteiger charge is -2.59. The topological polar surface area (TPSA) is 35.5 Å². The van der Waals surface area contributed by atoms with E-state index in [1.54, 1.807) is 0 Å². The van der Waals surface area contributed by atoms with Crippen molar-refractivity contribution in [2.75, 3.05) is 0 Å². The second kappa shape index (κ2) is 4.68. The number of carbonyl (C=O) groups is 1. The molecule has 26 heavy (non-hydrogen) atoms. The van der Waals surface area contributed by atoms with Crippen LogP contribution in [0, 0.1) is 40.4 Å². The molecule has 144 valence electrons. The van der Waals surface area contributed by atoms with E-state index in [0.717, 1.165) is 55.8 Å². The van der Waals surface area contributed by atoms with E-state index in [-0.39, 0.29) is 11.2 Å². The van der Waals surface area contributed by atoms with Gasteiger partial charge < -0.3 is 9.16 Å². The van der Waals surface area contributed by atoms with E-state index in [4.69, 9.17) is 9.16 Å². The van der Waals surface area contributed by atoms with Gasteiger partial charge in [-0.1, -0.05) is 6.92 Å². The SMILES string of the molecule is C[C@]12CC[C@H]3[C@@H](CCC4C[C@@]5(O[Si](C)(C)C)C[C@H]6[C@H](O5)C436)[C@@H]1CCC2=O. The van der Waals surface area contributed by atoms with Gasteiger partial charge in [-0.15, -0.1) is 0 Å². The molecule has 2 aliphatic heterocycles. The summed E-state index contributed by atoms with van der Waals surface area (Å²) in [4.78, 5) is 12.6. The van der Waals surface area contributed by atoms with Crippen LogP contribution in [0.25, 0.3) is 0 Å². The normalized spacial score (nSPS) is 59.6. The molecule has 0 N–H and O–H groups in total. The van der Waals surface area contributed by atoms with Crippen molar-refractivity contribution in [2.45, 2.75) is 89.8 Å². The highest BCUT2D eigenvalue weighted by atomic mass is 28.4. The monoisotopic (exact) mass is 374 g/mol. The Labute approximate surface area is 158 Å². The summed E-state index contributed by atoms with van der Waals surface area (Å²) in [6.07, 6.45) is 9.92. The predicted octanol–water partition coefficient (Wildman–Crippen LogP) is 4.76. The first-order valence-electron chi connectivity index (χ1n) is 11.1. The maximum atomic E-state index is 12.6. The molecule has 1 spiro atoms. The highest BCUT2D eigenvalue weighted by molar-refractivity contribution is 6.69. The third-order valence-electron chi connectivity index (χ3n) is 9.66. The Kier molecular flexibility index (Phi) is 3.01. The maximum Gasteiger partial charge on any atom is 0.187 e. The van der Waals surface area contributed by atoms with Crippen LogP contribution in [0.1, 0.15) is 58.3 Å². The van der Waals surface area contributed by atoms with Gasteiger partial charge in [0.25, 0.3) is 0 Å². The molecule has 4 heteroatoms. The molecule has 0 radical (unpaired) electrons. The summed E-state index contributed by atoms with van der Waals surface area (Å²) < 4.78 is 13.3. The van der Waals surface area contributed by atoms with Gasteiger partial charge in [-0.05, 0) is 81.3 Å². The van der Waals surface area contributed by atoms with Crippen molar-refractivity contribution in [2.24, 2.45) is 40.4 Å². The molecule has 7 rings (SSSR count). The van der Waals surface area contributed by atoms with Gasteiger partial charge >= 0.3 is 0 Å². The van der Waals surface area contributed by atoms with Crippen LogP contribution in [-0.4, -0.2) is 26.0 Å². The Morgan fingerprint density at radius 3 is 2.54 bits per heavy atom. The summed E-state index contributed by atoms with van der Waals surface area (Å²) in [6, 6.07) is 0. The molecule has 4 bridgehead atoms. The standard InChI is InChI=1S/C22H34O3Si/c1-20-10-9-16-14(15(20)7-8-18(20)23)6-5-13-11-21(25-26(2,3)4)12-17-19(24-21)22(13,16)17/h13-17,19H,5-12H2,1-4H3/t13?,14-,15-,16-,17-,19-,20-,21+,22?/m0/s1. The van der Waals surface area contributed by atoms with Gasteiger partial charge in [0.05, 0.1) is 6.10 Å². The van der Waals surface area contributed by atoms with E-state index in [1.165, 1.54) is 19.3 Å². The predicted molar refractivity (Wildman–Crippen MR) is 102 cm³/mol. The van der Waals surface area contributed by atoms with Crippen LogP contribution in [0.2, 0.25) is 19.6 Å². The Bertz CT molecular complexity index is 669. The minimum atomic E-state index is -1.59. The van der Waals surface area contributed by atoms with Gasteiger partial charge in [0.15, 0.2) is 14.1 Å². The zero-order valence-corrected chi connectivity index (χ0v) is 17.8. The number of carbonyl (C=O) groups excluding carboxylic acids is 1. The molecule has 2 saturated heterocycles. The van der Waals surface area contributed by atoms with Crippen LogP contribution >= 0.6 is 0 Å². The average molecular weight is 375 g/mol. The number of ketones is 1. The third kappa shape index (κ3) is 1.81. The summed E-state index contributed by atoms with van der Waals surface area (Å²) in [5.41, 5.74) is 0.481. The second-order valence-corrected chi connectivity index (χ2v) is 16.2. The summed E-state index contributed by atoms with van der Waals surface area (Å²) in [5, 5.41) is 0. The van der Waals surface area contributed by atoms with Gasteiger partial charge in [-0.25, -0.2) is 0 Å². The highest BCUT2D eigenvalue weighted by Crippen LogP contribution is 2.82. The van der Waals surface area contributed by atoms with Crippen molar-refractivity contribution in [3.05, 3.63) is 0 Å². The minimum Gasteiger partial charge on any atom is -0.391 e. The first-order valence-corrected chi connectivity index (χ1v) is 14.5. The lowest BCUT2D eigenvalue weighted by Crippen LogP contribution is -2.58. The molecule has 0 aromatic rings. The van der Waals surface area contributed by atoms with Crippen molar-refractivity contribution in [3.63, 3.8) is 0 Å². The molecule has 5 aliphatic carbocycles. The Morgan fingerprint density at radius 1 is 1.04 bits per heavy atom. The fourth-order valence-corrected chi connectivity index (χ4v) is 10.4. The van der Waals surface area contributed by atoms with Crippen LogP contribution < -0.4 is 0 Å². The van der Waals surface area contributed by atoms with E-state index < -0.39 is 8.32 Å². The Balaban J connectivity index is 1.31. The molecular formula is C22H34O3Si. The van der Waals surface area contributed by atoms with Crippen LogP contribution in [0.4, 0.5) is 0 Å². The first-order chi connectivity index (χ1) is 12.2. The van der Waals surface area contributed by atoms with Crippen LogP contribution in [0.5, 0.6) is 0 Å². The van der Waals surface area contributed by atoms with Gasteiger partial charge in [0, 0.05) is 30.1 Å². The summed E-state index contributed by atoms with van der Waals surface area (Å²) in [7, 11) is -1.59. The first kappa shape index (κ1) is 16.7. The Hall–Kier alpha value is -0.193. The quantitative estimate of drug-likeness (QED) is 0.654. The van der Waals surface area contributed by atoms with Crippen molar-refractivity contribution in [1.82, 2.24) is 0 Å². The molecule has 9 atom stereocenters. The molecule has 2 unspecified atom stereocenters. The van der Waals surface area contributed by atoms with Gasteiger partial charge in [0.1, 0.15) is 5.78 Å². The maximum absolute atomic E-state index is 12.6. The van der Waals surface area contributed by atoms with Crippen molar-refractivity contribution < 1.29 is 14.0 Å². The lowest BCUT2D eigenvalue weighted by atomic mass is 9.48. The van der Waals surface area contributed by atoms with Gasteiger partial charge in [-0.2, -0.15) is 0 Å². The average Bonchev–Trinajstić information content (AvgIpc) is 2.86. The number of Topliss-reactive ketones (excluding diaryl/α,β-unsaturated/α-hetero) is 1. The molecule has 3 nitrogen and oxygen atoms in total. The number of fused-ring (bicyclic) bond motifs is 3. The minimum absolute atomic E-state index is 0.00880. The molecule has 2 heterocycles. The number of hydrogen-bond donors (Lipinski definition) is 0. The van der Waals surface area contributed by atoms with Crippen molar-refractivity contribution in [3.8, 4) is 0 Å². The van der Waals surface area contributed by atoms with Crippen LogP contribution in [0.15, 0.2) is 0 Å². The Morgan fingerprint density at radius 2 is 1.85 bits per heavy atom. The van der Waals surface area contributed by atoms with E-state index >= 15 is 0 Å². The van der Waals surface area contributed by atoms with E-state index in [2.05, 4.69) is 26.6 Å². The van der Waals surface area contributed by atoms with Gasteiger partial charge in [-0.3, -0.25) is 4.79 Å². The summed E-state index contributed by atoms with van der Waals surface area (Å²) in [6.45, 7) is 9.19. The zero-order valence-electron chi connectivity index (χ0n) is 16.8. The third-order valence-corrected chi connectivity index (χ3v) is 10.6. The molecule has 7 aliphatic rings.